The van der Waals surface area contributed by atoms with E-state index in [4.69, 9.17) is 0 Å². The molecule has 0 aromatic heterocycles. The van der Waals surface area contributed by atoms with Gasteiger partial charge in [-0.25, -0.2) is 0 Å². The van der Waals surface area contributed by atoms with E-state index in [2.05, 4.69) is 60.1 Å². The van der Waals surface area contributed by atoms with Gasteiger partial charge in [0.2, 0.25) is 0 Å². The van der Waals surface area contributed by atoms with Crippen molar-refractivity contribution in [1.82, 2.24) is 0 Å². The zero-order chi connectivity index (χ0) is 9.68. The Balaban J connectivity index is 2.50. The van der Waals surface area contributed by atoms with Crippen molar-refractivity contribution in [2.45, 2.75) is 31.5 Å². The van der Waals surface area contributed by atoms with Crippen molar-refractivity contribution in [2.24, 2.45) is 5.92 Å². The maximum absolute atomic E-state index is 3.74. The summed E-state index contributed by atoms with van der Waals surface area (Å²) in [5, 5.41) is 0. The summed E-state index contributed by atoms with van der Waals surface area (Å²) in [6.45, 7) is 4.53. The van der Waals surface area contributed by atoms with Crippen LogP contribution in [0, 0.1) is 5.92 Å². The quantitative estimate of drug-likeness (QED) is 0.698. The maximum atomic E-state index is 3.74. The van der Waals surface area contributed by atoms with Gasteiger partial charge >= 0.3 is 0 Å². The first-order chi connectivity index (χ1) is 6.24. The molecule has 0 aliphatic heterocycles. The zero-order valence-corrected chi connectivity index (χ0v) is 9.92. The highest BCUT2D eigenvalue weighted by molar-refractivity contribution is 9.09. The zero-order valence-electron chi connectivity index (χ0n) is 8.33. The van der Waals surface area contributed by atoms with Crippen LogP contribution in [0.5, 0.6) is 0 Å². The Morgan fingerprint density at radius 2 is 1.85 bits per heavy atom. The molecule has 0 saturated carbocycles. The maximum Gasteiger partial charge on any atom is 0.0211 e. The van der Waals surface area contributed by atoms with E-state index in [9.17, 15) is 0 Å². The number of hydrogen-bond donors (Lipinski definition) is 0. The monoisotopic (exact) mass is 240 g/mol. The third kappa shape index (κ3) is 3.51. The van der Waals surface area contributed by atoms with Gasteiger partial charge in [0.25, 0.3) is 0 Å². The number of rotatable bonds is 4. The standard InChI is InChI=1S/C12H17Br/c1-3-10(2)12(13)9-11-7-5-4-6-8-11/h4-8,10,12H,3,9H2,1-2H3. The molecule has 1 aromatic rings. The molecule has 0 fully saturated rings. The molecule has 2 unspecified atom stereocenters. The molecule has 2 atom stereocenters. The third-order valence-electron chi connectivity index (χ3n) is 2.53. The molecular formula is C12H17Br. The summed E-state index contributed by atoms with van der Waals surface area (Å²) < 4.78 is 0. The van der Waals surface area contributed by atoms with Crippen LogP contribution in [0.15, 0.2) is 30.3 Å². The smallest absolute Gasteiger partial charge is 0.0211 e. The SMILES string of the molecule is CCC(C)C(Br)Cc1ccccc1. The third-order valence-corrected chi connectivity index (χ3v) is 3.76. The number of alkyl halides is 1. The Hall–Kier alpha value is -0.300. The summed E-state index contributed by atoms with van der Waals surface area (Å²) >= 11 is 3.74. The van der Waals surface area contributed by atoms with E-state index in [0.29, 0.717) is 4.83 Å². The van der Waals surface area contributed by atoms with Crippen LogP contribution in [-0.2, 0) is 6.42 Å². The molecule has 0 N–H and O–H groups in total. The van der Waals surface area contributed by atoms with Crippen molar-refractivity contribution in [3.63, 3.8) is 0 Å². The molecule has 1 aromatic carbocycles. The number of hydrogen-bond acceptors (Lipinski definition) is 0. The normalized spacial score (nSPS) is 15.3. The Morgan fingerprint density at radius 3 is 2.38 bits per heavy atom. The van der Waals surface area contributed by atoms with Crippen LogP contribution < -0.4 is 0 Å². The molecular weight excluding hydrogens is 224 g/mol. The van der Waals surface area contributed by atoms with Crippen molar-refractivity contribution >= 4 is 15.9 Å². The lowest BCUT2D eigenvalue weighted by atomic mass is 9.99. The van der Waals surface area contributed by atoms with E-state index in [1.165, 1.54) is 12.0 Å². The summed E-state index contributed by atoms with van der Waals surface area (Å²) in [6.07, 6.45) is 2.37. The van der Waals surface area contributed by atoms with Crippen molar-refractivity contribution in [3.8, 4) is 0 Å². The molecule has 72 valence electrons. The molecule has 0 radical (unpaired) electrons. The van der Waals surface area contributed by atoms with Crippen molar-refractivity contribution in [2.75, 3.05) is 0 Å². The van der Waals surface area contributed by atoms with Gasteiger partial charge in [-0.1, -0.05) is 66.5 Å². The average molecular weight is 241 g/mol. The van der Waals surface area contributed by atoms with Crippen molar-refractivity contribution in [3.05, 3.63) is 35.9 Å². The first kappa shape index (κ1) is 10.8. The average Bonchev–Trinajstić information content (AvgIpc) is 2.18. The van der Waals surface area contributed by atoms with E-state index in [-0.39, 0.29) is 0 Å². The van der Waals surface area contributed by atoms with Gasteiger partial charge in [-0.15, -0.1) is 0 Å². The second-order valence-electron chi connectivity index (χ2n) is 3.59. The van der Waals surface area contributed by atoms with Crippen LogP contribution in [0.3, 0.4) is 0 Å². The van der Waals surface area contributed by atoms with Gasteiger partial charge in [-0.05, 0) is 17.9 Å². The van der Waals surface area contributed by atoms with Crippen molar-refractivity contribution < 1.29 is 0 Å². The molecule has 13 heavy (non-hydrogen) atoms. The molecule has 0 heterocycles. The van der Waals surface area contributed by atoms with Gasteiger partial charge in [0.05, 0.1) is 0 Å². The van der Waals surface area contributed by atoms with E-state index < -0.39 is 0 Å². The predicted molar refractivity (Wildman–Crippen MR) is 62.3 cm³/mol. The lowest BCUT2D eigenvalue weighted by Crippen LogP contribution is -2.12. The minimum absolute atomic E-state index is 0.611. The van der Waals surface area contributed by atoms with E-state index in [1.807, 2.05) is 0 Å². The molecule has 0 bridgehead atoms. The highest BCUT2D eigenvalue weighted by atomic mass is 79.9. The molecule has 1 rings (SSSR count). The van der Waals surface area contributed by atoms with Crippen LogP contribution in [0.25, 0.3) is 0 Å². The molecule has 0 aliphatic carbocycles. The molecule has 0 nitrogen and oxygen atoms in total. The fraction of sp³-hybridized carbons (Fsp3) is 0.500. The topological polar surface area (TPSA) is 0 Å². The molecule has 1 heteroatoms. The summed E-state index contributed by atoms with van der Waals surface area (Å²) in [5.74, 6) is 0.750. The Labute approximate surface area is 89.5 Å². The van der Waals surface area contributed by atoms with Crippen LogP contribution in [-0.4, -0.2) is 4.83 Å². The second kappa shape index (κ2) is 5.43. The predicted octanol–water partition coefficient (Wildman–Crippen LogP) is 4.04. The summed E-state index contributed by atoms with van der Waals surface area (Å²) in [4.78, 5) is 0.611. The van der Waals surface area contributed by atoms with Crippen LogP contribution in [0.1, 0.15) is 25.8 Å². The van der Waals surface area contributed by atoms with Crippen molar-refractivity contribution in [1.29, 1.82) is 0 Å². The van der Waals surface area contributed by atoms with E-state index >= 15 is 0 Å². The Morgan fingerprint density at radius 1 is 1.23 bits per heavy atom. The number of halogens is 1. The fourth-order valence-electron chi connectivity index (χ4n) is 1.30. The lowest BCUT2D eigenvalue weighted by molar-refractivity contribution is 0.538. The van der Waals surface area contributed by atoms with E-state index in [1.54, 1.807) is 0 Å². The van der Waals surface area contributed by atoms with Gasteiger partial charge < -0.3 is 0 Å². The first-order valence-electron chi connectivity index (χ1n) is 4.92. The summed E-state index contributed by atoms with van der Waals surface area (Å²) in [5.41, 5.74) is 1.42. The van der Waals surface area contributed by atoms with Crippen LogP contribution in [0.4, 0.5) is 0 Å². The Bertz CT molecular complexity index is 230. The lowest BCUT2D eigenvalue weighted by Gasteiger charge is -2.16. The molecule has 0 spiro atoms. The summed E-state index contributed by atoms with van der Waals surface area (Å²) in [6, 6.07) is 10.7. The van der Waals surface area contributed by atoms with Gasteiger partial charge in [-0.3, -0.25) is 0 Å². The molecule has 0 saturated heterocycles. The minimum Gasteiger partial charge on any atom is -0.0884 e. The largest absolute Gasteiger partial charge is 0.0884 e. The van der Waals surface area contributed by atoms with Gasteiger partial charge in [-0.2, -0.15) is 0 Å². The molecule has 0 amide bonds. The van der Waals surface area contributed by atoms with Gasteiger partial charge in [0, 0.05) is 4.83 Å². The van der Waals surface area contributed by atoms with Crippen LogP contribution >= 0.6 is 15.9 Å². The Kier molecular flexibility index (Phi) is 4.51. The highest BCUT2D eigenvalue weighted by Crippen LogP contribution is 2.20. The fourth-order valence-corrected chi connectivity index (χ4v) is 2.04. The van der Waals surface area contributed by atoms with E-state index in [0.717, 1.165) is 12.3 Å². The minimum atomic E-state index is 0.611. The molecule has 0 aliphatic rings. The second-order valence-corrected chi connectivity index (χ2v) is 4.77. The van der Waals surface area contributed by atoms with Crippen LogP contribution in [0.2, 0.25) is 0 Å². The van der Waals surface area contributed by atoms with Gasteiger partial charge in [0.15, 0.2) is 0 Å². The summed E-state index contributed by atoms with van der Waals surface area (Å²) in [7, 11) is 0. The highest BCUT2D eigenvalue weighted by Gasteiger charge is 2.11. The first-order valence-corrected chi connectivity index (χ1v) is 5.83. The van der Waals surface area contributed by atoms with Gasteiger partial charge in [0.1, 0.15) is 0 Å². The number of benzene rings is 1.